The summed E-state index contributed by atoms with van der Waals surface area (Å²) in [6, 6.07) is 13.2. The number of carbonyl (C=O) groups is 1. The molecule has 140 valence electrons. The lowest BCUT2D eigenvalue weighted by Gasteiger charge is -2.06. The van der Waals surface area contributed by atoms with Gasteiger partial charge >= 0.3 is 5.97 Å². The second-order valence-electron chi connectivity index (χ2n) is 5.89. The van der Waals surface area contributed by atoms with Crippen LogP contribution in [0.1, 0.15) is 25.7 Å². The van der Waals surface area contributed by atoms with Crippen LogP contribution in [-0.2, 0) is 11.2 Å². The van der Waals surface area contributed by atoms with Gasteiger partial charge in [0, 0.05) is 6.42 Å². The second kappa shape index (κ2) is 8.98. The van der Waals surface area contributed by atoms with Crippen LogP contribution >= 0.6 is 0 Å². The molecule has 0 aliphatic heterocycles. The fraction of sp³-hybridized carbons (Fsp3) is 0.238. The lowest BCUT2D eigenvalue weighted by molar-refractivity contribution is -0.134. The minimum atomic E-state index is -0.400. The summed E-state index contributed by atoms with van der Waals surface area (Å²) in [5.74, 6) is 1.09. The number of rotatable bonds is 8. The summed E-state index contributed by atoms with van der Waals surface area (Å²) < 4.78 is 30.1. The molecule has 1 heterocycles. The van der Waals surface area contributed by atoms with Crippen molar-refractivity contribution in [3.05, 3.63) is 66.4 Å². The average molecular weight is 369 g/mol. The molecule has 6 heteroatoms. The standard InChI is InChI=1S/C21H20FNO4/c1-2-13-25-15-7-9-16(10-8-15)26-21(24)12-11-20-23-14-19(27-20)17-5-3-4-6-18(17)22/h3-10,14H,2,11-13H2,1H3. The van der Waals surface area contributed by atoms with Crippen LogP contribution in [0, 0.1) is 5.82 Å². The summed E-state index contributed by atoms with van der Waals surface area (Å²) in [6.07, 6.45) is 2.75. The maximum Gasteiger partial charge on any atom is 0.311 e. The number of hydrogen-bond donors (Lipinski definition) is 0. The normalized spacial score (nSPS) is 10.6. The van der Waals surface area contributed by atoms with Crippen molar-refractivity contribution < 1.29 is 23.1 Å². The van der Waals surface area contributed by atoms with E-state index in [2.05, 4.69) is 4.98 Å². The van der Waals surface area contributed by atoms with E-state index >= 15 is 0 Å². The second-order valence-corrected chi connectivity index (χ2v) is 5.89. The van der Waals surface area contributed by atoms with E-state index in [1.807, 2.05) is 6.92 Å². The molecule has 0 radical (unpaired) electrons. The minimum Gasteiger partial charge on any atom is -0.494 e. The lowest BCUT2D eigenvalue weighted by atomic mass is 10.2. The minimum absolute atomic E-state index is 0.102. The fourth-order valence-electron chi connectivity index (χ4n) is 2.43. The lowest BCUT2D eigenvalue weighted by Crippen LogP contribution is -2.09. The molecule has 0 N–H and O–H groups in total. The molecular formula is C21H20FNO4. The van der Waals surface area contributed by atoms with Gasteiger partial charge in [-0.25, -0.2) is 9.37 Å². The zero-order valence-electron chi connectivity index (χ0n) is 15.0. The molecule has 0 aliphatic carbocycles. The molecule has 5 nitrogen and oxygen atoms in total. The Morgan fingerprint density at radius 3 is 2.59 bits per heavy atom. The van der Waals surface area contributed by atoms with Crippen LogP contribution in [0.15, 0.2) is 59.1 Å². The number of benzene rings is 2. The molecule has 27 heavy (non-hydrogen) atoms. The average Bonchev–Trinajstić information content (AvgIpc) is 3.15. The first-order chi connectivity index (χ1) is 13.2. The Balaban J connectivity index is 1.51. The molecule has 0 amide bonds. The molecule has 0 aliphatic rings. The van der Waals surface area contributed by atoms with Crippen molar-refractivity contribution in [2.75, 3.05) is 6.61 Å². The Kier molecular flexibility index (Phi) is 6.20. The van der Waals surface area contributed by atoms with Gasteiger partial charge in [-0.15, -0.1) is 0 Å². The number of hydrogen-bond acceptors (Lipinski definition) is 5. The third-order valence-corrected chi connectivity index (χ3v) is 3.76. The first-order valence-corrected chi connectivity index (χ1v) is 8.79. The molecule has 1 aromatic heterocycles. The van der Waals surface area contributed by atoms with Gasteiger partial charge in [0.2, 0.25) is 0 Å². The van der Waals surface area contributed by atoms with Crippen molar-refractivity contribution in [2.24, 2.45) is 0 Å². The van der Waals surface area contributed by atoms with Crippen LogP contribution in [0.3, 0.4) is 0 Å². The van der Waals surface area contributed by atoms with E-state index in [9.17, 15) is 9.18 Å². The molecule has 0 fully saturated rings. The highest BCUT2D eigenvalue weighted by Gasteiger charge is 2.12. The van der Waals surface area contributed by atoms with E-state index in [0.717, 1.165) is 12.2 Å². The van der Waals surface area contributed by atoms with E-state index < -0.39 is 5.97 Å². The van der Waals surface area contributed by atoms with Gasteiger partial charge in [-0.1, -0.05) is 19.1 Å². The van der Waals surface area contributed by atoms with Gasteiger partial charge in [-0.3, -0.25) is 4.79 Å². The number of oxazole rings is 1. The summed E-state index contributed by atoms with van der Waals surface area (Å²) in [5.41, 5.74) is 0.337. The number of aromatic nitrogens is 1. The van der Waals surface area contributed by atoms with Crippen LogP contribution in [-0.4, -0.2) is 17.6 Å². The van der Waals surface area contributed by atoms with Crippen LogP contribution in [0.25, 0.3) is 11.3 Å². The largest absolute Gasteiger partial charge is 0.494 e. The van der Waals surface area contributed by atoms with Gasteiger partial charge in [-0.2, -0.15) is 0 Å². The van der Waals surface area contributed by atoms with Crippen LogP contribution < -0.4 is 9.47 Å². The molecule has 0 spiro atoms. The summed E-state index contributed by atoms with van der Waals surface area (Å²) >= 11 is 0. The predicted octanol–water partition coefficient (Wildman–Crippen LogP) is 4.81. The summed E-state index contributed by atoms with van der Waals surface area (Å²) in [5, 5.41) is 0. The number of carbonyl (C=O) groups excluding carboxylic acids is 1. The van der Waals surface area contributed by atoms with Gasteiger partial charge < -0.3 is 13.9 Å². The molecule has 0 bridgehead atoms. The van der Waals surface area contributed by atoms with Crippen molar-refractivity contribution in [2.45, 2.75) is 26.2 Å². The van der Waals surface area contributed by atoms with Gasteiger partial charge in [0.15, 0.2) is 11.7 Å². The first-order valence-electron chi connectivity index (χ1n) is 8.79. The van der Waals surface area contributed by atoms with Crippen molar-refractivity contribution in [3.8, 4) is 22.8 Å². The fourth-order valence-corrected chi connectivity index (χ4v) is 2.43. The molecule has 0 unspecified atom stereocenters. The van der Waals surface area contributed by atoms with Crippen LogP contribution in [0.2, 0.25) is 0 Å². The van der Waals surface area contributed by atoms with Gasteiger partial charge in [0.05, 0.1) is 24.8 Å². The van der Waals surface area contributed by atoms with E-state index in [1.165, 1.54) is 12.3 Å². The van der Waals surface area contributed by atoms with Gasteiger partial charge in [0.25, 0.3) is 0 Å². The molecular weight excluding hydrogens is 349 g/mol. The molecule has 3 aromatic rings. The highest BCUT2D eigenvalue weighted by molar-refractivity contribution is 5.72. The van der Waals surface area contributed by atoms with Crippen molar-refractivity contribution in [1.29, 1.82) is 0 Å². The number of aryl methyl sites for hydroxylation is 1. The Bertz CT molecular complexity index is 889. The van der Waals surface area contributed by atoms with E-state index in [4.69, 9.17) is 13.9 Å². The Hall–Kier alpha value is -3.15. The number of esters is 1. The van der Waals surface area contributed by atoms with Gasteiger partial charge in [0.1, 0.15) is 17.3 Å². The quantitative estimate of drug-likeness (QED) is 0.421. The Morgan fingerprint density at radius 1 is 1.11 bits per heavy atom. The van der Waals surface area contributed by atoms with Crippen LogP contribution in [0.4, 0.5) is 4.39 Å². The van der Waals surface area contributed by atoms with Crippen molar-refractivity contribution in [1.82, 2.24) is 4.98 Å². The maximum atomic E-state index is 13.8. The van der Waals surface area contributed by atoms with Gasteiger partial charge in [-0.05, 0) is 42.8 Å². The molecule has 2 aromatic carbocycles. The first kappa shape index (κ1) is 18.6. The zero-order chi connectivity index (χ0) is 19.1. The van der Waals surface area contributed by atoms with Crippen molar-refractivity contribution >= 4 is 5.97 Å². The molecule has 0 saturated heterocycles. The Labute approximate surface area is 156 Å². The molecule has 0 saturated carbocycles. The smallest absolute Gasteiger partial charge is 0.311 e. The van der Waals surface area contributed by atoms with E-state index in [0.29, 0.717) is 29.6 Å². The zero-order valence-corrected chi connectivity index (χ0v) is 15.0. The Morgan fingerprint density at radius 2 is 1.85 bits per heavy atom. The molecule has 0 atom stereocenters. The highest BCUT2D eigenvalue weighted by atomic mass is 19.1. The van der Waals surface area contributed by atoms with Crippen molar-refractivity contribution in [3.63, 3.8) is 0 Å². The summed E-state index contributed by atoms with van der Waals surface area (Å²) in [7, 11) is 0. The van der Waals surface area contributed by atoms with E-state index in [-0.39, 0.29) is 18.7 Å². The number of nitrogens with zero attached hydrogens (tertiary/aromatic N) is 1. The highest BCUT2D eigenvalue weighted by Crippen LogP contribution is 2.24. The predicted molar refractivity (Wildman–Crippen MR) is 98.1 cm³/mol. The number of ether oxygens (including phenoxy) is 2. The third kappa shape index (κ3) is 5.17. The van der Waals surface area contributed by atoms with Crippen LogP contribution in [0.5, 0.6) is 11.5 Å². The summed E-state index contributed by atoms with van der Waals surface area (Å²) in [6.45, 7) is 2.67. The summed E-state index contributed by atoms with van der Waals surface area (Å²) in [4.78, 5) is 16.1. The maximum absolute atomic E-state index is 13.8. The molecule has 3 rings (SSSR count). The van der Waals surface area contributed by atoms with E-state index in [1.54, 1.807) is 42.5 Å². The number of halogens is 1. The third-order valence-electron chi connectivity index (χ3n) is 3.76. The topological polar surface area (TPSA) is 61.6 Å². The monoisotopic (exact) mass is 369 g/mol. The SMILES string of the molecule is CCCOc1ccc(OC(=O)CCc2ncc(-c3ccccc3F)o2)cc1.